The van der Waals surface area contributed by atoms with Gasteiger partial charge in [-0.3, -0.25) is 9.80 Å². The molecule has 6 heteroatoms. The zero-order valence-corrected chi connectivity index (χ0v) is 14.1. The Kier molecular flexibility index (Phi) is 8.29. The summed E-state index contributed by atoms with van der Waals surface area (Å²) in [5, 5.41) is 17.6. The van der Waals surface area contributed by atoms with Gasteiger partial charge in [-0.1, -0.05) is 42.5 Å². The van der Waals surface area contributed by atoms with Crippen LogP contribution in [0.25, 0.3) is 0 Å². The molecule has 0 bridgehead atoms. The van der Waals surface area contributed by atoms with E-state index in [9.17, 15) is 9.59 Å². The first-order chi connectivity index (χ1) is 12.0. The predicted octanol–water partition coefficient (Wildman–Crippen LogP) is 4.55. The average Bonchev–Trinajstić information content (AvgIpc) is 2.62. The second-order valence-electron chi connectivity index (χ2n) is 4.88. The van der Waals surface area contributed by atoms with Gasteiger partial charge in [-0.15, -0.1) is 6.58 Å². The number of rotatable bonds is 5. The molecule has 2 N–H and O–H groups in total. The van der Waals surface area contributed by atoms with Crippen LogP contribution in [0.1, 0.15) is 6.92 Å². The third-order valence-corrected chi connectivity index (χ3v) is 3.23. The topological polar surface area (TPSA) is 81.1 Å². The molecule has 0 saturated heterocycles. The van der Waals surface area contributed by atoms with Crippen LogP contribution >= 0.6 is 0 Å². The van der Waals surface area contributed by atoms with Crippen LogP contribution in [-0.4, -0.2) is 35.5 Å². The van der Waals surface area contributed by atoms with Crippen LogP contribution < -0.4 is 9.80 Å². The molecular weight excluding hydrogens is 320 g/mol. The lowest BCUT2D eigenvalue weighted by Crippen LogP contribution is -2.28. The summed E-state index contributed by atoms with van der Waals surface area (Å²) in [5.74, 6) is 0. The van der Waals surface area contributed by atoms with Gasteiger partial charge in [-0.25, -0.2) is 9.59 Å². The van der Waals surface area contributed by atoms with Crippen LogP contribution in [0.4, 0.5) is 21.0 Å². The summed E-state index contributed by atoms with van der Waals surface area (Å²) in [5.41, 5.74) is 1.38. The molecule has 25 heavy (non-hydrogen) atoms. The molecule has 0 saturated carbocycles. The summed E-state index contributed by atoms with van der Waals surface area (Å²) in [6, 6.07) is 18.0. The Hall–Kier alpha value is -3.28. The van der Waals surface area contributed by atoms with Gasteiger partial charge in [0.15, 0.2) is 0 Å². The fourth-order valence-corrected chi connectivity index (χ4v) is 2.07. The molecular formula is C19H22N2O4. The quantitative estimate of drug-likeness (QED) is 0.781. The molecule has 0 radical (unpaired) electrons. The van der Waals surface area contributed by atoms with Crippen LogP contribution in [-0.2, 0) is 0 Å². The summed E-state index contributed by atoms with van der Waals surface area (Å²) in [6.07, 6.45) is -0.323. The summed E-state index contributed by atoms with van der Waals surface area (Å²) in [6.45, 7) is 6.09. The number of carbonyl (C=O) groups is 2. The Morgan fingerprint density at radius 1 is 0.880 bits per heavy atom. The summed E-state index contributed by atoms with van der Waals surface area (Å²) >= 11 is 0. The number of hydrogen-bond donors (Lipinski definition) is 2. The van der Waals surface area contributed by atoms with Gasteiger partial charge in [-0.2, -0.15) is 0 Å². The van der Waals surface area contributed by atoms with E-state index in [2.05, 4.69) is 6.58 Å². The highest BCUT2D eigenvalue weighted by Gasteiger charge is 2.11. The highest BCUT2D eigenvalue weighted by atomic mass is 16.4. The Bertz CT molecular complexity index is 674. The molecule has 2 rings (SSSR count). The first-order valence-electron chi connectivity index (χ1n) is 7.73. The van der Waals surface area contributed by atoms with Crippen molar-refractivity contribution in [1.82, 2.24) is 0 Å². The Morgan fingerprint density at radius 2 is 1.28 bits per heavy atom. The zero-order chi connectivity index (χ0) is 18.7. The van der Waals surface area contributed by atoms with Crippen LogP contribution in [0.2, 0.25) is 0 Å². The van der Waals surface area contributed by atoms with E-state index in [1.54, 1.807) is 49.4 Å². The van der Waals surface area contributed by atoms with Crippen molar-refractivity contribution < 1.29 is 19.8 Å². The third-order valence-electron chi connectivity index (χ3n) is 3.23. The molecule has 0 atom stereocenters. The number of amides is 2. The standard InChI is InChI=1S/C10H11NO2.C9H11NO2/c1-2-8-11(10(12)13)9-6-4-3-5-7-9;1-2-10(9(11)12)8-6-4-3-5-7-8/h2-7H,1,8H2,(H,12,13);3-7H,2H2,1H3,(H,11,12). The molecule has 0 fully saturated rings. The lowest BCUT2D eigenvalue weighted by atomic mass is 10.3. The van der Waals surface area contributed by atoms with Crippen molar-refractivity contribution in [1.29, 1.82) is 0 Å². The molecule has 132 valence electrons. The van der Waals surface area contributed by atoms with Gasteiger partial charge in [0.1, 0.15) is 0 Å². The minimum absolute atomic E-state index is 0.305. The first kappa shape index (κ1) is 19.8. The van der Waals surface area contributed by atoms with E-state index >= 15 is 0 Å². The van der Waals surface area contributed by atoms with Crippen LogP contribution in [0.3, 0.4) is 0 Å². The molecule has 2 amide bonds. The molecule has 0 aliphatic heterocycles. The van der Waals surface area contributed by atoms with Crippen molar-refractivity contribution >= 4 is 23.6 Å². The minimum Gasteiger partial charge on any atom is -0.465 e. The largest absolute Gasteiger partial charge is 0.465 e. The third kappa shape index (κ3) is 6.39. The van der Waals surface area contributed by atoms with E-state index in [0.29, 0.717) is 24.5 Å². The lowest BCUT2D eigenvalue weighted by Gasteiger charge is -2.16. The summed E-state index contributed by atoms with van der Waals surface area (Å²) in [4.78, 5) is 23.9. The molecule has 2 aromatic carbocycles. The van der Waals surface area contributed by atoms with Crippen molar-refractivity contribution in [2.75, 3.05) is 22.9 Å². The van der Waals surface area contributed by atoms with E-state index in [4.69, 9.17) is 10.2 Å². The second kappa shape index (κ2) is 10.5. The zero-order valence-electron chi connectivity index (χ0n) is 14.1. The lowest BCUT2D eigenvalue weighted by molar-refractivity contribution is 0.201. The van der Waals surface area contributed by atoms with E-state index in [-0.39, 0.29) is 0 Å². The fraction of sp³-hybridized carbons (Fsp3) is 0.158. The molecule has 0 aliphatic carbocycles. The summed E-state index contributed by atoms with van der Waals surface area (Å²) in [7, 11) is 0. The van der Waals surface area contributed by atoms with Gasteiger partial charge in [0.2, 0.25) is 0 Å². The van der Waals surface area contributed by atoms with Crippen LogP contribution in [0, 0.1) is 0 Å². The van der Waals surface area contributed by atoms with Gasteiger partial charge < -0.3 is 10.2 Å². The molecule has 2 aromatic rings. The van der Waals surface area contributed by atoms with Crippen LogP contribution in [0.5, 0.6) is 0 Å². The number of nitrogens with zero attached hydrogens (tertiary/aromatic N) is 2. The average molecular weight is 342 g/mol. The predicted molar refractivity (Wildman–Crippen MR) is 99.5 cm³/mol. The molecule has 0 aromatic heterocycles. The number of carboxylic acid groups (broad SMARTS) is 2. The molecule has 0 heterocycles. The fourth-order valence-electron chi connectivity index (χ4n) is 2.07. The number of anilines is 2. The van der Waals surface area contributed by atoms with Crippen molar-refractivity contribution in [3.63, 3.8) is 0 Å². The first-order valence-corrected chi connectivity index (χ1v) is 7.73. The maximum atomic E-state index is 10.8. The number of para-hydroxylation sites is 2. The molecule has 0 unspecified atom stereocenters. The second-order valence-corrected chi connectivity index (χ2v) is 4.88. The maximum Gasteiger partial charge on any atom is 0.412 e. The SMILES string of the molecule is C=CCN(C(=O)O)c1ccccc1.CCN(C(=O)O)c1ccccc1. The van der Waals surface area contributed by atoms with Gasteiger partial charge in [0.25, 0.3) is 0 Å². The number of benzene rings is 2. The van der Waals surface area contributed by atoms with E-state index in [1.165, 1.54) is 9.80 Å². The molecule has 0 spiro atoms. The van der Waals surface area contributed by atoms with Crippen molar-refractivity contribution in [3.05, 3.63) is 73.3 Å². The van der Waals surface area contributed by atoms with E-state index in [0.717, 1.165) is 0 Å². The monoisotopic (exact) mass is 342 g/mol. The van der Waals surface area contributed by atoms with E-state index < -0.39 is 12.2 Å². The smallest absolute Gasteiger partial charge is 0.412 e. The Labute approximate surface area is 147 Å². The van der Waals surface area contributed by atoms with Gasteiger partial charge >= 0.3 is 12.2 Å². The number of hydrogen-bond acceptors (Lipinski definition) is 2. The van der Waals surface area contributed by atoms with Crippen LogP contribution in [0.15, 0.2) is 73.3 Å². The molecule has 0 aliphatic rings. The maximum absolute atomic E-state index is 10.8. The highest BCUT2D eigenvalue weighted by Crippen LogP contribution is 2.13. The minimum atomic E-state index is -0.967. The Morgan fingerprint density at radius 3 is 1.60 bits per heavy atom. The van der Waals surface area contributed by atoms with Crippen molar-refractivity contribution in [3.8, 4) is 0 Å². The van der Waals surface area contributed by atoms with Gasteiger partial charge in [0.05, 0.1) is 0 Å². The van der Waals surface area contributed by atoms with E-state index in [1.807, 2.05) is 24.3 Å². The summed E-state index contributed by atoms with van der Waals surface area (Å²) < 4.78 is 0. The van der Waals surface area contributed by atoms with Crippen molar-refractivity contribution in [2.24, 2.45) is 0 Å². The van der Waals surface area contributed by atoms with Gasteiger partial charge in [-0.05, 0) is 31.2 Å². The Balaban J connectivity index is 0.000000251. The normalized spacial score (nSPS) is 9.32. The van der Waals surface area contributed by atoms with Gasteiger partial charge in [0, 0.05) is 24.5 Å². The molecule has 6 nitrogen and oxygen atoms in total. The highest BCUT2D eigenvalue weighted by molar-refractivity contribution is 5.86. The van der Waals surface area contributed by atoms with Crippen molar-refractivity contribution in [2.45, 2.75) is 6.92 Å².